The van der Waals surface area contributed by atoms with Gasteiger partial charge in [0.25, 0.3) is 0 Å². The molecule has 0 saturated carbocycles. The van der Waals surface area contributed by atoms with Crippen LogP contribution in [0.3, 0.4) is 0 Å². The Morgan fingerprint density at radius 2 is 1.26 bits per heavy atom. The zero-order chi connectivity index (χ0) is 19.1. The van der Waals surface area contributed by atoms with Crippen molar-refractivity contribution in [2.24, 2.45) is 0 Å². The van der Waals surface area contributed by atoms with E-state index in [-0.39, 0.29) is 24.7 Å². The third kappa shape index (κ3) is 5.19. The maximum Gasteiger partial charge on any atom is 0.232 e. The second-order valence-electron chi connectivity index (χ2n) is 5.96. The monoisotopic (exact) mass is 378 g/mol. The van der Waals surface area contributed by atoms with E-state index in [0.29, 0.717) is 10.7 Å². The fourth-order valence-corrected chi connectivity index (χ4v) is 2.81. The molecule has 0 radical (unpaired) electrons. The number of halogens is 1. The summed E-state index contributed by atoms with van der Waals surface area (Å²) in [6, 6.07) is 25.7. The molecule has 0 fully saturated rings. The van der Waals surface area contributed by atoms with Gasteiger partial charge in [0.1, 0.15) is 0 Å². The molecule has 3 aromatic rings. The minimum Gasteiger partial charge on any atom is -0.326 e. The van der Waals surface area contributed by atoms with Crippen molar-refractivity contribution in [3.05, 3.63) is 90.0 Å². The van der Waals surface area contributed by atoms with Crippen LogP contribution in [-0.2, 0) is 9.59 Å². The van der Waals surface area contributed by atoms with Gasteiger partial charge in [0.15, 0.2) is 0 Å². The second kappa shape index (κ2) is 9.01. The summed E-state index contributed by atoms with van der Waals surface area (Å²) in [5, 5.41) is 3.38. The van der Waals surface area contributed by atoms with Gasteiger partial charge in [0.05, 0.1) is 0 Å². The van der Waals surface area contributed by atoms with Crippen LogP contribution in [0, 0.1) is 0 Å². The summed E-state index contributed by atoms with van der Waals surface area (Å²) in [6.07, 6.45) is 0.195. The Morgan fingerprint density at radius 3 is 1.78 bits per heavy atom. The second-order valence-corrected chi connectivity index (χ2v) is 6.39. The molecule has 0 heterocycles. The number of rotatable bonds is 6. The average molecular weight is 379 g/mol. The Balaban J connectivity index is 1.68. The summed E-state index contributed by atoms with van der Waals surface area (Å²) >= 11 is 5.84. The lowest BCUT2D eigenvalue weighted by molar-refractivity contribution is -0.122. The zero-order valence-electron chi connectivity index (χ0n) is 14.6. The Morgan fingerprint density at radius 1 is 0.741 bits per heavy atom. The Bertz CT molecular complexity index is 857. The highest BCUT2D eigenvalue weighted by atomic mass is 35.5. The van der Waals surface area contributed by atoms with Crippen molar-refractivity contribution in [1.29, 1.82) is 0 Å². The van der Waals surface area contributed by atoms with Crippen molar-refractivity contribution < 1.29 is 9.59 Å². The number of carbonyl (C=O) groups excluding carboxylic acids is 2. The normalized spacial score (nSPS) is 10.3. The summed E-state index contributed by atoms with van der Waals surface area (Å²) in [4.78, 5) is 26.7. The van der Waals surface area contributed by atoms with Crippen LogP contribution in [0.4, 0.5) is 17.1 Å². The molecule has 3 aromatic carbocycles. The highest BCUT2D eigenvalue weighted by Crippen LogP contribution is 2.26. The van der Waals surface area contributed by atoms with Crippen molar-refractivity contribution >= 4 is 40.5 Å². The Hall–Kier alpha value is -3.11. The molecule has 5 heteroatoms. The lowest BCUT2D eigenvalue weighted by atomic mass is 10.2. The first kappa shape index (κ1) is 18.7. The summed E-state index contributed by atoms with van der Waals surface area (Å²) in [7, 11) is 0. The van der Waals surface area contributed by atoms with Gasteiger partial charge in [-0.15, -0.1) is 0 Å². The number of nitrogens with one attached hydrogen (secondary N) is 1. The number of nitrogens with zero attached hydrogens (tertiary/aromatic N) is 1. The first-order valence-electron chi connectivity index (χ1n) is 8.62. The van der Waals surface area contributed by atoms with Crippen LogP contribution in [-0.4, -0.2) is 11.8 Å². The third-order valence-electron chi connectivity index (χ3n) is 3.97. The van der Waals surface area contributed by atoms with Gasteiger partial charge < -0.3 is 5.32 Å². The molecule has 0 saturated heterocycles. The van der Waals surface area contributed by atoms with E-state index < -0.39 is 0 Å². The molecule has 4 nitrogen and oxygen atoms in total. The molecule has 0 aromatic heterocycles. The lowest BCUT2D eigenvalue weighted by Crippen LogP contribution is -2.27. The zero-order valence-corrected chi connectivity index (χ0v) is 15.4. The SMILES string of the molecule is O=C(CCC(=O)N(c1ccccc1)c1ccccc1)Nc1ccc(Cl)cc1. The first-order valence-corrected chi connectivity index (χ1v) is 9.00. The molecule has 0 spiro atoms. The van der Waals surface area contributed by atoms with E-state index in [1.54, 1.807) is 29.2 Å². The van der Waals surface area contributed by atoms with Crippen LogP contribution in [0.15, 0.2) is 84.9 Å². The minimum absolute atomic E-state index is 0.0949. The number of anilines is 3. The highest BCUT2D eigenvalue weighted by molar-refractivity contribution is 6.30. The van der Waals surface area contributed by atoms with Gasteiger partial charge in [-0.25, -0.2) is 0 Å². The molecule has 2 amide bonds. The average Bonchev–Trinajstić information content (AvgIpc) is 2.70. The van der Waals surface area contributed by atoms with E-state index in [4.69, 9.17) is 11.6 Å². The Kier molecular flexibility index (Phi) is 6.23. The van der Waals surface area contributed by atoms with E-state index in [0.717, 1.165) is 11.4 Å². The fraction of sp³-hybridized carbons (Fsp3) is 0.0909. The Labute approximate surface area is 163 Å². The predicted molar refractivity (Wildman–Crippen MR) is 109 cm³/mol. The number of benzene rings is 3. The van der Waals surface area contributed by atoms with Crippen molar-refractivity contribution in [2.75, 3.05) is 10.2 Å². The van der Waals surface area contributed by atoms with Crippen LogP contribution in [0.2, 0.25) is 5.02 Å². The van der Waals surface area contributed by atoms with Gasteiger partial charge in [-0.05, 0) is 48.5 Å². The third-order valence-corrected chi connectivity index (χ3v) is 4.22. The molecular weight excluding hydrogens is 360 g/mol. The van der Waals surface area contributed by atoms with Crippen LogP contribution >= 0.6 is 11.6 Å². The van der Waals surface area contributed by atoms with Crippen molar-refractivity contribution in [3.63, 3.8) is 0 Å². The molecule has 0 aliphatic heterocycles. The molecule has 1 N–H and O–H groups in total. The van der Waals surface area contributed by atoms with Gasteiger partial charge in [-0.1, -0.05) is 48.0 Å². The van der Waals surface area contributed by atoms with Crippen molar-refractivity contribution in [1.82, 2.24) is 0 Å². The van der Waals surface area contributed by atoms with Crippen molar-refractivity contribution in [2.45, 2.75) is 12.8 Å². The topological polar surface area (TPSA) is 49.4 Å². The molecule has 0 aliphatic rings. The fourth-order valence-electron chi connectivity index (χ4n) is 2.68. The standard InChI is InChI=1S/C22H19ClN2O2/c23-17-11-13-18(14-12-17)24-21(26)15-16-22(27)25(19-7-3-1-4-8-19)20-9-5-2-6-10-20/h1-14H,15-16H2,(H,24,26). The lowest BCUT2D eigenvalue weighted by Gasteiger charge is -2.23. The molecule has 3 rings (SSSR count). The molecule has 27 heavy (non-hydrogen) atoms. The number of hydrogen-bond acceptors (Lipinski definition) is 2. The number of para-hydroxylation sites is 2. The maximum absolute atomic E-state index is 12.9. The van der Waals surface area contributed by atoms with Gasteiger partial charge in [0.2, 0.25) is 11.8 Å². The van der Waals surface area contributed by atoms with Crippen LogP contribution in [0.1, 0.15) is 12.8 Å². The maximum atomic E-state index is 12.9. The molecule has 0 bridgehead atoms. The van der Waals surface area contributed by atoms with Crippen LogP contribution in [0.25, 0.3) is 0 Å². The predicted octanol–water partition coefficient (Wildman–Crippen LogP) is 5.42. The van der Waals surface area contributed by atoms with Gasteiger partial charge in [-0.2, -0.15) is 0 Å². The van der Waals surface area contributed by atoms with Gasteiger partial charge in [-0.3, -0.25) is 14.5 Å². The summed E-state index contributed by atoms with van der Waals surface area (Å²) in [5.41, 5.74) is 2.19. The first-order chi connectivity index (χ1) is 13.1. The molecule has 0 unspecified atom stereocenters. The summed E-state index contributed by atoms with van der Waals surface area (Å²) in [5.74, 6) is -0.356. The largest absolute Gasteiger partial charge is 0.326 e. The van der Waals surface area contributed by atoms with Crippen LogP contribution in [0.5, 0.6) is 0 Å². The minimum atomic E-state index is -0.216. The van der Waals surface area contributed by atoms with E-state index in [2.05, 4.69) is 5.32 Å². The highest BCUT2D eigenvalue weighted by Gasteiger charge is 2.18. The molecular formula is C22H19ClN2O2. The van der Waals surface area contributed by atoms with Gasteiger partial charge in [0, 0.05) is 34.9 Å². The number of carbonyl (C=O) groups is 2. The quantitative estimate of drug-likeness (QED) is 0.622. The van der Waals surface area contributed by atoms with Crippen molar-refractivity contribution in [3.8, 4) is 0 Å². The van der Waals surface area contributed by atoms with E-state index in [1.807, 2.05) is 60.7 Å². The molecule has 136 valence electrons. The summed E-state index contributed by atoms with van der Waals surface area (Å²) in [6.45, 7) is 0. The van der Waals surface area contributed by atoms with E-state index in [9.17, 15) is 9.59 Å². The molecule has 0 aliphatic carbocycles. The number of hydrogen-bond donors (Lipinski definition) is 1. The molecule has 0 atom stereocenters. The van der Waals surface area contributed by atoms with Crippen LogP contribution < -0.4 is 10.2 Å². The smallest absolute Gasteiger partial charge is 0.232 e. The van der Waals surface area contributed by atoms with E-state index in [1.165, 1.54) is 0 Å². The van der Waals surface area contributed by atoms with Gasteiger partial charge >= 0.3 is 0 Å². The summed E-state index contributed by atoms with van der Waals surface area (Å²) < 4.78 is 0. The van der Waals surface area contributed by atoms with E-state index >= 15 is 0 Å². The number of amides is 2.